The summed E-state index contributed by atoms with van der Waals surface area (Å²) in [6, 6.07) is 22.3. The largest absolute Gasteiger partial charge is 0.293 e. The molecule has 0 spiro atoms. The Kier molecular flexibility index (Phi) is 7.20. The molecule has 6 nitrogen and oxygen atoms in total. The SMILES string of the molecule is CCC(C(=O)c1ccc(C(C)(c2ccc(-c3nnn(CC)n3)cc2)C(C)C)cc1)c1ccccn1. The quantitative estimate of drug-likeness (QED) is 0.278. The number of Topliss-reactive ketones (excluding diaryl/α,β-unsaturated/α-hetero) is 1. The second-order valence-corrected chi connectivity index (χ2v) is 9.39. The summed E-state index contributed by atoms with van der Waals surface area (Å²) in [7, 11) is 0. The fourth-order valence-electron chi connectivity index (χ4n) is 4.58. The van der Waals surface area contributed by atoms with Gasteiger partial charge in [-0.3, -0.25) is 9.78 Å². The predicted molar refractivity (Wildman–Crippen MR) is 138 cm³/mol. The highest BCUT2D eigenvalue weighted by Gasteiger charge is 2.33. The second-order valence-electron chi connectivity index (χ2n) is 9.39. The molecule has 2 aromatic carbocycles. The van der Waals surface area contributed by atoms with Gasteiger partial charge in [-0.2, -0.15) is 4.80 Å². The minimum atomic E-state index is -0.231. The van der Waals surface area contributed by atoms with Gasteiger partial charge in [0.2, 0.25) is 5.82 Å². The Morgan fingerprint density at radius 2 is 1.60 bits per heavy atom. The van der Waals surface area contributed by atoms with Crippen LogP contribution in [-0.2, 0) is 12.0 Å². The van der Waals surface area contributed by atoms with E-state index in [0.29, 0.717) is 24.7 Å². The average Bonchev–Trinajstić information content (AvgIpc) is 3.39. The van der Waals surface area contributed by atoms with Crippen LogP contribution >= 0.6 is 0 Å². The van der Waals surface area contributed by atoms with Crippen molar-refractivity contribution in [1.29, 1.82) is 0 Å². The molecular weight excluding hydrogens is 434 g/mol. The molecule has 0 fully saturated rings. The summed E-state index contributed by atoms with van der Waals surface area (Å²) >= 11 is 0. The third-order valence-electron chi connectivity index (χ3n) is 7.17. The van der Waals surface area contributed by atoms with Gasteiger partial charge in [0, 0.05) is 22.7 Å². The van der Waals surface area contributed by atoms with Gasteiger partial charge in [0.05, 0.1) is 18.2 Å². The van der Waals surface area contributed by atoms with Crippen molar-refractivity contribution in [2.75, 3.05) is 0 Å². The molecule has 0 aliphatic heterocycles. The molecule has 0 saturated carbocycles. The Bertz CT molecular complexity index is 1260. The predicted octanol–water partition coefficient (Wildman–Crippen LogP) is 6.09. The zero-order valence-corrected chi connectivity index (χ0v) is 21.1. The van der Waals surface area contributed by atoms with Crippen LogP contribution < -0.4 is 0 Å². The first-order valence-corrected chi connectivity index (χ1v) is 12.3. The van der Waals surface area contributed by atoms with Gasteiger partial charge in [-0.05, 0) is 47.7 Å². The van der Waals surface area contributed by atoms with Gasteiger partial charge in [0.25, 0.3) is 0 Å². The molecule has 180 valence electrons. The standard InChI is InChI=1S/C29H33N5O/c1-6-25(26-10-8-9-19-30-26)27(35)21-11-15-23(16-12-21)29(5,20(3)4)24-17-13-22(14-18-24)28-31-33-34(7-2)32-28/h8-20,25H,6-7H2,1-5H3. The van der Waals surface area contributed by atoms with Crippen LogP contribution in [0, 0.1) is 5.92 Å². The Balaban J connectivity index is 1.62. The summed E-state index contributed by atoms with van der Waals surface area (Å²) < 4.78 is 0. The number of hydrogen-bond acceptors (Lipinski definition) is 5. The summed E-state index contributed by atoms with van der Waals surface area (Å²) in [5.74, 6) is 0.850. The smallest absolute Gasteiger partial charge is 0.204 e. The summed E-state index contributed by atoms with van der Waals surface area (Å²) in [4.78, 5) is 19.3. The molecule has 2 unspecified atom stereocenters. The van der Waals surface area contributed by atoms with Crippen molar-refractivity contribution in [3.63, 3.8) is 0 Å². The number of pyridine rings is 1. The molecule has 2 aromatic heterocycles. The molecule has 0 saturated heterocycles. The number of aryl methyl sites for hydroxylation is 1. The number of tetrazole rings is 1. The van der Waals surface area contributed by atoms with Gasteiger partial charge >= 0.3 is 0 Å². The number of carbonyl (C=O) groups excluding carboxylic acids is 1. The van der Waals surface area contributed by atoms with E-state index in [4.69, 9.17) is 0 Å². The molecule has 4 aromatic rings. The summed E-state index contributed by atoms with van der Waals surface area (Å²) in [6.07, 6.45) is 2.46. The Labute approximate surface area is 207 Å². The first-order valence-electron chi connectivity index (χ1n) is 12.3. The van der Waals surface area contributed by atoms with Crippen LogP contribution in [0.5, 0.6) is 0 Å². The van der Waals surface area contributed by atoms with E-state index in [-0.39, 0.29) is 17.1 Å². The van der Waals surface area contributed by atoms with Crippen molar-refractivity contribution in [1.82, 2.24) is 25.2 Å². The number of nitrogens with zero attached hydrogens (tertiary/aromatic N) is 5. The van der Waals surface area contributed by atoms with Gasteiger partial charge in [-0.1, -0.05) is 82.3 Å². The molecule has 0 amide bonds. The lowest BCUT2D eigenvalue weighted by Gasteiger charge is -2.35. The van der Waals surface area contributed by atoms with Crippen molar-refractivity contribution < 1.29 is 4.79 Å². The lowest BCUT2D eigenvalue weighted by molar-refractivity contribution is 0.0955. The minimum absolute atomic E-state index is 0.112. The van der Waals surface area contributed by atoms with E-state index in [1.165, 1.54) is 11.1 Å². The van der Waals surface area contributed by atoms with Crippen LogP contribution in [0.3, 0.4) is 0 Å². The number of ketones is 1. The zero-order valence-electron chi connectivity index (χ0n) is 21.1. The normalized spacial score (nSPS) is 14.0. The number of hydrogen-bond donors (Lipinski definition) is 0. The zero-order chi connectivity index (χ0) is 25.0. The summed E-state index contributed by atoms with van der Waals surface area (Å²) in [5, 5.41) is 12.6. The van der Waals surface area contributed by atoms with E-state index in [1.54, 1.807) is 11.0 Å². The molecule has 4 rings (SSSR count). The highest BCUT2D eigenvalue weighted by molar-refractivity contribution is 6.00. The van der Waals surface area contributed by atoms with E-state index in [0.717, 1.165) is 16.8 Å². The van der Waals surface area contributed by atoms with Crippen molar-refractivity contribution in [3.8, 4) is 11.4 Å². The lowest BCUT2D eigenvalue weighted by atomic mass is 9.68. The molecule has 2 heterocycles. The van der Waals surface area contributed by atoms with Gasteiger partial charge < -0.3 is 0 Å². The van der Waals surface area contributed by atoms with Crippen molar-refractivity contribution in [2.24, 2.45) is 5.92 Å². The lowest BCUT2D eigenvalue weighted by Crippen LogP contribution is -2.30. The van der Waals surface area contributed by atoms with E-state index in [9.17, 15) is 4.79 Å². The minimum Gasteiger partial charge on any atom is -0.293 e. The van der Waals surface area contributed by atoms with Crippen LogP contribution in [0.2, 0.25) is 0 Å². The maximum atomic E-state index is 13.3. The van der Waals surface area contributed by atoms with Crippen LogP contribution in [0.4, 0.5) is 0 Å². The van der Waals surface area contributed by atoms with Crippen LogP contribution in [0.25, 0.3) is 11.4 Å². The van der Waals surface area contributed by atoms with E-state index < -0.39 is 0 Å². The fraction of sp³-hybridized carbons (Fsp3) is 0.345. The molecular formula is C29H33N5O. The van der Waals surface area contributed by atoms with Gasteiger partial charge in [-0.15, -0.1) is 10.2 Å². The second kappa shape index (κ2) is 10.3. The number of benzene rings is 2. The molecule has 0 radical (unpaired) electrons. The third-order valence-corrected chi connectivity index (χ3v) is 7.17. The fourth-order valence-corrected chi connectivity index (χ4v) is 4.58. The third kappa shape index (κ3) is 4.78. The summed E-state index contributed by atoms with van der Waals surface area (Å²) in [5.41, 5.74) is 4.65. The number of aromatic nitrogens is 5. The Morgan fingerprint density at radius 3 is 2.11 bits per heavy atom. The average molecular weight is 468 g/mol. The first-order chi connectivity index (χ1) is 16.9. The van der Waals surface area contributed by atoms with Gasteiger partial charge in [0.15, 0.2) is 5.78 Å². The molecule has 0 aliphatic carbocycles. The monoisotopic (exact) mass is 467 g/mol. The van der Waals surface area contributed by atoms with Crippen LogP contribution in [0.1, 0.15) is 74.1 Å². The molecule has 6 heteroatoms. The molecule has 0 bridgehead atoms. The van der Waals surface area contributed by atoms with Gasteiger partial charge in [0.1, 0.15) is 0 Å². The van der Waals surface area contributed by atoms with Crippen LogP contribution in [-0.4, -0.2) is 31.0 Å². The highest BCUT2D eigenvalue weighted by Crippen LogP contribution is 2.39. The van der Waals surface area contributed by atoms with Crippen molar-refractivity contribution >= 4 is 5.78 Å². The first kappa shape index (κ1) is 24.5. The van der Waals surface area contributed by atoms with Crippen molar-refractivity contribution in [2.45, 2.75) is 58.9 Å². The number of rotatable bonds is 9. The summed E-state index contributed by atoms with van der Waals surface area (Å²) in [6.45, 7) is 11.4. The van der Waals surface area contributed by atoms with E-state index in [2.05, 4.69) is 77.6 Å². The Morgan fingerprint density at radius 1 is 0.943 bits per heavy atom. The van der Waals surface area contributed by atoms with Crippen molar-refractivity contribution in [3.05, 3.63) is 95.3 Å². The number of carbonyl (C=O) groups is 1. The molecule has 0 N–H and O–H groups in total. The van der Waals surface area contributed by atoms with E-state index in [1.807, 2.05) is 44.2 Å². The maximum Gasteiger partial charge on any atom is 0.204 e. The maximum absolute atomic E-state index is 13.3. The molecule has 35 heavy (non-hydrogen) atoms. The van der Waals surface area contributed by atoms with Gasteiger partial charge in [-0.25, -0.2) is 0 Å². The molecule has 2 atom stereocenters. The molecule has 0 aliphatic rings. The highest BCUT2D eigenvalue weighted by atomic mass is 16.1. The topological polar surface area (TPSA) is 73.6 Å². The van der Waals surface area contributed by atoms with E-state index >= 15 is 0 Å². The Hall–Kier alpha value is -3.67. The van der Waals surface area contributed by atoms with Crippen LogP contribution in [0.15, 0.2) is 72.9 Å².